The molecule has 0 rings (SSSR count). The van der Waals surface area contributed by atoms with Gasteiger partial charge in [-0.25, -0.2) is 0 Å². The molecule has 0 bridgehead atoms. The molecule has 0 aromatic carbocycles. The van der Waals surface area contributed by atoms with Gasteiger partial charge in [0.25, 0.3) is 0 Å². The quantitative estimate of drug-likeness (QED) is 0.204. The third kappa shape index (κ3) is 19.6. The molecule has 0 heterocycles. The SMILES string of the molecule is CCCCCCOC(CCCCCCCC(=O)O)OCCCCCC. The lowest BCUT2D eigenvalue weighted by atomic mass is 10.1. The van der Waals surface area contributed by atoms with Gasteiger partial charge in [0.05, 0.1) is 0 Å². The van der Waals surface area contributed by atoms with Gasteiger partial charge in [0.2, 0.25) is 0 Å². The zero-order valence-electron chi connectivity index (χ0n) is 16.8. The summed E-state index contributed by atoms with van der Waals surface area (Å²) in [6.45, 7) is 6.05. The third-order valence-corrected chi connectivity index (χ3v) is 4.43. The van der Waals surface area contributed by atoms with Crippen molar-refractivity contribution in [1.82, 2.24) is 0 Å². The molecule has 0 spiro atoms. The van der Waals surface area contributed by atoms with Gasteiger partial charge in [-0.1, -0.05) is 71.6 Å². The lowest BCUT2D eigenvalue weighted by Gasteiger charge is -2.19. The second kappa shape index (κ2) is 19.7. The van der Waals surface area contributed by atoms with E-state index < -0.39 is 5.97 Å². The lowest BCUT2D eigenvalue weighted by molar-refractivity contribution is -0.148. The number of carboxylic acid groups (broad SMARTS) is 1. The first-order valence-electron chi connectivity index (χ1n) is 10.7. The molecule has 0 fully saturated rings. The van der Waals surface area contributed by atoms with E-state index in [1.165, 1.54) is 38.5 Å². The van der Waals surface area contributed by atoms with E-state index in [1.807, 2.05) is 0 Å². The van der Waals surface area contributed by atoms with Crippen molar-refractivity contribution in [2.24, 2.45) is 0 Å². The summed E-state index contributed by atoms with van der Waals surface area (Å²) < 4.78 is 11.9. The molecule has 0 aliphatic rings. The Kier molecular flexibility index (Phi) is 19.2. The van der Waals surface area contributed by atoms with E-state index in [2.05, 4.69) is 13.8 Å². The monoisotopic (exact) mass is 358 g/mol. The van der Waals surface area contributed by atoms with Gasteiger partial charge in [-0.15, -0.1) is 0 Å². The Morgan fingerprint density at radius 3 is 1.72 bits per heavy atom. The number of aliphatic carboxylic acids is 1. The van der Waals surface area contributed by atoms with Crippen LogP contribution < -0.4 is 0 Å². The molecule has 0 saturated heterocycles. The van der Waals surface area contributed by atoms with Gasteiger partial charge in [0.1, 0.15) is 0 Å². The topological polar surface area (TPSA) is 55.8 Å². The molecule has 4 heteroatoms. The summed E-state index contributed by atoms with van der Waals surface area (Å²) in [6.07, 6.45) is 16.1. The summed E-state index contributed by atoms with van der Waals surface area (Å²) in [6, 6.07) is 0. The summed E-state index contributed by atoms with van der Waals surface area (Å²) in [5.74, 6) is -0.687. The van der Waals surface area contributed by atoms with Crippen LogP contribution in [0.3, 0.4) is 0 Å². The highest BCUT2D eigenvalue weighted by Crippen LogP contribution is 2.13. The third-order valence-electron chi connectivity index (χ3n) is 4.43. The summed E-state index contributed by atoms with van der Waals surface area (Å²) in [5, 5.41) is 8.63. The predicted octanol–water partition coefficient (Wildman–Crippen LogP) is 6.32. The first-order valence-corrected chi connectivity index (χ1v) is 10.7. The molecule has 0 atom stereocenters. The van der Waals surface area contributed by atoms with E-state index in [1.54, 1.807) is 0 Å². The summed E-state index contributed by atoms with van der Waals surface area (Å²) in [7, 11) is 0. The van der Waals surface area contributed by atoms with Crippen molar-refractivity contribution < 1.29 is 19.4 Å². The van der Waals surface area contributed by atoms with E-state index in [0.29, 0.717) is 6.42 Å². The molecule has 0 amide bonds. The molecular formula is C21H42O4. The maximum atomic E-state index is 10.5. The van der Waals surface area contributed by atoms with E-state index in [-0.39, 0.29) is 6.29 Å². The lowest BCUT2D eigenvalue weighted by Crippen LogP contribution is -2.19. The Labute approximate surface area is 155 Å². The molecule has 0 aliphatic carbocycles. The fourth-order valence-corrected chi connectivity index (χ4v) is 2.82. The highest BCUT2D eigenvalue weighted by molar-refractivity contribution is 5.66. The second-order valence-electron chi connectivity index (χ2n) is 6.99. The standard InChI is InChI=1S/C21H42O4/c1-3-5-7-14-18-24-21(25-19-15-8-6-4-2)17-13-11-9-10-12-16-20(22)23/h21H,3-19H2,1-2H3,(H,22,23). The first-order chi connectivity index (χ1) is 12.2. The van der Waals surface area contributed by atoms with Crippen molar-refractivity contribution in [3.8, 4) is 0 Å². The normalized spacial score (nSPS) is 11.3. The molecule has 25 heavy (non-hydrogen) atoms. The highest BCUT2D eigenvalue weighted by atomic mass is 16.7. The first kappa shape index (κ1) is 24.4. The zero-order chi connectivity index (χ0) is 18.6. The number of unbranched alkanes of at least 4 members (excludes halogenated alkanes) is 10. The molecule has 0 aromatic heterocycles. The second-order valence-corrected chi connectivity index (χ2v) is 6.99. The van der Waals surface area contributed by atoms with Gasteiger partial charge in [0, 0.05) is 19.6 Å². The Hall–Kier alpha value is -0.610. The van der Waals surface area contributed by atoms with Crippen LogP contribution >= 0.6 is 0 Å². The van der Waals surface area contributed by atoms with Crippen LogP contribution in [-0.2, 0) is 14.3 Å². The van der Waals surface area contributed by atoms with Gasteiger partial charge < -0.3 is 14.6 Å². The van der Waals surface area contributed by atoms with Gasteiger partial charge >= 0.3 is 5.97 Å². The van der Waals surface area contributed by atoms with Crippen LogP contribution in [0, 0.1) is 0 Å². The van der Waals surface area contributed by atoms with Crippen LogP contribution in [0.1, 0.15) is 110 Å². The van der Waals surface area contributed by atoms with Crippen molar-refractivity contribution >= 4 is 5.97 Å². The molecule has 0 radical (unpaired) electrons. The minimum absolute atomic E-state index is 0.0535. The molecule has 0 saturated carbocycles. The fourth-order valence-electron chi connectivity index (χ4n) is 2.82. The number of carbonyl (C=O) groups is 1. The average molecular weight is 359 g/mol. The minimum atomic E-state index is -0.687. The van der Waals surface area contributed by atoms with Gasteiger partial charge in [-0.2, -0.15) is 0 Å². The summed E-state index contributed by atoms with van der Waals surface area (Å²) in [4.78, 5) is 10.5. The molecular weight excluding hydrogens is 316 g/mol. The Morgan fingerprint density at radius 1 is 0.720 bits per heavy atom. The average Bonchev–Trinajstić information content (AvgIpc) is 2.59. The molecule has 0 aromatic rings. The maximum Gasteiger partial charge on any atom is 0.303 e. The van der Waals surface area contributed by atoms with E-state index in [9.17, 15) is 4.79 Å². The van der Waals surface area contributed by atoms with Gasteiger partial charge in [-0.05, 0) is 32.1 Å². The summed E-state index contributed by atoms with van der Waals surface area (Å²) >= 11 is 0. The van der Waals surface area contributed by atoms with Crippen LogP contribution in [0.4, 0.5) is 0 Å². The number of carboxylic acids is 1. The highest BCUT2D eigenvalue weighted by Gasteiger charge is 2.09. The summed E-state index contributed by atoms with van der Waals surface area (Å²) in [5.41, 5.74) is 0. The Morgan fingerprint density at radius 2 is 1.20 bits per heavy atom. The predicted molar refractivity (Wildman–Crippen MR) is 104 cm³/mol. The van der Waals surface area contributed by atoms with Crippen molar-refractivity contribution in [2.45, 2.75) is 116 Å². The van der Waals surface area contributed by atoms with Crippen molar-refractivity contribution in [3.63, 3.8) is 0 Å². The molecule has 1 N–H and O–H groups in total. The van der Waals surface area contributed by atoms with Crippen molar-refractivity contribution in [3.05, 3.63) is 0 Å². The molecule has 4 nitrogen and oxygen atoms in total. The van der Waals surface area contributed by atoms with Crippen molar-refractivity contribution in [2.75, 3.05) is 13.2 Å². The van der Waals surface area contributed by atoms with E-state index in [0.717, 1.165) is 64.6 Å². The fraction of sp³-hybridized carbons (Fsp3) is 0.952. The number of ether oxygens (including phenoxy) is 2. The molecule has 0 aliphatic heterocycles. The van der Waals surface area contributed by atoms with E-state index >= 15 is 0 Å². The van der Waals surface area contributed by atoms with Crippen LogP contribution in [0.5, 0.6) is 0 Å². The van der Waals surface area contributed by atoms with Gasteiger partial charge in [0.15, 0.2) is 6.29 Å². The smallest absolute Gasteiger partial charge is 0.303 e. The number of hydrogen-bond acceptors (Lipinski definition) is 3. The maximum absolute atomic E-state index is 10.5. The molecule has 0 unspecified atom stereocenters. The van der Waals surface area contributed by atoms with Crippen LogP contribution in [-0.4, -0.2) is 30.6 Å². The van der Waals surface area contributed by atoms with Crippen LogP contribution in [0.2, 0.25) is 0 Å². The van der Waals surface area contributed by atoms with Crippen LogP contribution in [0.15, 0.2) is 0 Å². The van der Waals surface area contributed by atoms with Crippen molar-refractivity contribution in [1.29, 1.82) is 0 Å². The zero-order valence-corrected chi connectivity index (χ0v) is 16.8. The Bertz CT molecular complexity index is 267. The number of hydrogen-bond donors (Lipinski definition) is 1. The van der Waals surface area contributed by atoms with E-state index in [4.69, 9.17) is 14.6 Å². The minimum Gasteiger partial charge on any atom is -0.481 e. The van der Waals surface area contributed by atoms with Gasteiger partial charge in [-0.3, -0.25) is 4.79 Å². The molecule has 150 valence electrons. The Balaban J connectivity index is 3.76. The largest absolute Gasteiger partial charge is 0.481 e. The van der Waals surface area contributed by atoms with Crippen LogP contribution in [0.25, 0.3) is 0 Å². The number of rotatable bonds is 20.